The number of halogens is 1. The lowest BCUT2D eigenvalue weighted by Crippen LogP contribution is -2.60. The number of carbonyl (C=O) groups is 2. The van der Waals surface area contributed by atoms with Gasteiger partial charge in [0.25, 0.3) is 5.91 Å². The minimum Gasteiger partial charge on any atom is -0.341 e. The van der Waals surface area contributed by atoms with Gasteiger partial charge in [-0.25, -0.2) is 12.7 Å². The van der Waals surface area contributed by atoms with Gasteiger partial charge in [-0.15, -0.1) is 0 Å². The number of hydrogen-bond donors (Lipinski definition) is 1. The second-order valence-corrected chi connectivity index (χ2v) is 10.5. The van der Waals surface area contributed by atoms with Crippen molar-refractivity contribution in [2.75, 3.05) is 27.2 Å². The van der Waals surface area contributed by atoms with Crippen LogP contribution in [0.15, 0.2) is 27.6 Å². The smallest absolute Gasteiger partial charge is 0.252 e. The molecule has 0 atom stereocenters. The third kappa shape index (κ3) is 5.00. The molecule has 0 saturated heterocycles. The summed E-state index contributed by atoms with van der Waals surface area (Å²) in [4.78, 5) is 28.1. The lowest BCUT2D eigenvalue weighted by Gasteiger charge is -2.40. The first kappa shape index (κ1) is 23.8. The molecule has 2 amide bonds. The van der Waals surface area contributed by atoms with E-state index in [0.29, 0.717) is 30.4 Å². The number of rotatable bonds is 7. The van der Waals surface area contributed by atoms with Crippen LogP contribution >= 0.6 is 15.9 Å². The Morgan fingerprint density at radius 3 is 2.21 bits per heavy atom. The van der Waals surface area contributed by atoms with Crippen LogP contribution in [-0.2, 0) is 14.8 Å². The molecule has 1 saturated carbocycles. The Balaban J connectivity index is 2.39. The average Bonchev–Trinajstić information content (AvgIpc) is 2.69. The standard InChI is InChI=1S/C20H30BrN3O4S/c1-5-24(6-2)19(26)20(12-8-7-9-13-20)22-18(25)15-10-11-16(21)17(14-15)29(27,28)23(3)4/h10-11,14H,5-9,12-13H2,1-4H3,(H,22,25). The lowest BCUT2D eigenvalue weighted by molar-refractivity contribution is -0.139. The van der Waals surface area contributed by atoms with Crippen molar-refractivity contribution in [2.45, 2.75) is 56.4 Å². The number of sulfonamides is 1. The van der Waals surface area contributed by atoms with E-state index in [4.69, 9.17) is 0 Å². The molecule has 0 aromatic heterocycles. The summed E-state index contributed by atoms with van der Waals surface area (Å²) in [5.41, 5.74) is -0.722. The summed E-state index contributed by atoms with van der Waals surface area (Å²) in [5, 5.41) is 2.97. The van der Waals surface area contributed by atoms with Crippen molar-refractivity contribution in [3.8, 4) is 0 Å². The minimum absolute atomic E-state index is 0.0166. The summed E-state index contributed by atoms with van der Waals surface area (Å²) in [7, 11) is -0.841. The second kappa shape index (κ2) is 9.57. The maximum atomic E-state index is 13.2. The quantitative estimate of drug-likeness (QED) is 0.640. The molecule has 1 N–H and O–H groups in total. The van der Waals surface area contributed by atoms with Crippen LogP contribution in [0.2, 0.25) is 0 Å². The molecule has 1 aromatic carbocycles. The van der Waals surface area contributed by atoms with Crippen molar-refractivity contribution in [2.24, 2.45) is 0 Å². The van der Waals surface area contributed by atoms with Gasteiger partial charge in [-0.3, -0.25) is 9.59 Å². The first-order valence-corrected chi connectivity index (χ1v) is 12.2. The van der Waals surface area contributed by atoms with Crippen molar-refractivity contribution < 1.29 is 18.0 Å². The van der Waals surface area contributed by atoms with Crippen molar-refractivity contribution >= 4 is 37.8 Å². The maximum absolute atomic E-state index is 13.2. The lowest BCUT2D eigenvalue weighted by atomic mass is 9.80. The highest BCUT2D eigenvalue weighted by Gasteiger charge is 2.43. The summed E-state index contributed by atoms with van der Waals surface area (Å²) in [5.74, 6) is -0.496. The van der Waals surface area contributed by atoms with E-state index in [-0.39, 0.29) is 16.4 Å². The Kier molecular flexibility index (Phi) is 7.86. The summed E-state index contributed by atoms with van der Waals surface area (Å²) >= 11 is 3.26. The van der Waals surface area contributed by atoms with Crippen molar-refractivity contribution in [3.05, 3.63) is 28.2 Å². The molecular weight excluding hydrogens is 458 g/mol. The highest BCUT2D eigenvalue weighted by atomic mass is 79.9. The van der Waals surface area contributed by atoms with Gasteiger partial charge in [-0.1, -0.05) is 19.3 Å². The fourth-order valence-electron chi connectivity index (χ4n) is 3.69. The second-order valence-electron chi connectivity index (χ2n) is 7.51. The largest absolute Gasteiger partial charge is 0.341 e. The predicted molar refractivity (Wildman–Crippen MR) is 116 cm³/mol. The molecule has 1 aliphatic carbocycles. The van der Waals surface area contributed by atoms with Gasteiger partial charge in [0.1, 0.15) is 5.54 Å². The van der Waals surface area contributed by atoms with Gasteiger partial charge >= 0.3 is 0 Å². The van der Waals surface area contributed by atoms with Gasteiger partial charge in [-0.05, 0) is 60.8 Å². The van der Waals surface area contributed by atoms with E-state index in [1.807, 2.05) is 13.8 Å². The summed E-state index contributed by atoms with van der Waals surface area (Å²) < 4.78 is 26.6. The first-order chi connectivity index (χ1) is 13.6. The first-order valence-electron chi connectivity index (χ1n) is 9.93. The predicted octanol–water partition coefficient (Wildman–Crippen LogP) is 3.00. The van der Waals surface area contributed by atoms with Gasteiger partial charge in [0, 0.05) is 37.2 Å². The highest BCUT2D eigenvalue weighted by molar-refractivity contribution is 9.10. The van der Waals surface area contributed by atoms with E-state index in [0.717, 1.165) is 23.6 Å². The van der Waals surface area contributed by atoms with E-state index in [9.17, 15) is 18.0 Å². The summed E-state index contributed by atoms with van der Waals surface area (Å²) in [6.07, 6.45) is 3.95. The molecule has 7 nitrogen and oxygen atoms in total. The maximum Gasteiger partial charge on any atom is 0.252 e. The number of hydrogen-bond acceptors (Lipinski definition) is 4. The van der Waals surface area contributed by atoms with E-state index in [1.165, 1.54) is 20.2 Å². The molecule has 0 spiro atoms. The van der Waals surface area contributed by atoms with Crippen LogP contribution in [0.3, 0.4) is 0 Å². The van der Waals surface area contributed by atoms with E-state index in [2.05, 4.69) is 21.2 Å². The molecule has 0 radical (unpaired) electrons. The van der Waals surface area contributed by atoms with Gasteiger partial charge in [0.2, 0.25) is 15.9 Å². The van der Waals surface area contributed by atoms with Crippen molar-refractivity contribution in [1.29, 1.82) is 0 Å². The summed E-state index contributed by atoms with van der Waals surface area (Å²) in [6, 6.07) is 4.46. The molecule has 1 aliphatic rings. The molecule has 0 aliphatic heterocycles. The van der Waals surface area contributed by atoms with Gasteiger partial charge in [-0.2, -0.15) is 0 Å². The zero-order chi connectivity index (χ0) is 21.8. The van der Waals surface area contributed by atoms with E-state index in [1.54, 1.807) is 17.0 Å². The number of nitrogens with zero attached hydrogens (tertiary/aromatic N) is 2. The minimum atomic E-state index is -3.72. The van der Waals surface area contributed by atoms with Gasteiger partial charge < -0.3 is 10.2 Å². The zero-order valence-electron chi connectivity index (χ0n) is 17.5. The van der Waals surface area contributed by atoms with Gasteiger partial charge in [0.05, 0.1) is 4.90 Å². The molecular formula is C20H30BrN3O4S. The highest BCUT2D eigenvalue weighted by Crippen LogP contribution is 2.31. The molecule has 162 valence electrons. The molecule has 0 bridgehead atoms. The van der Waals surface area contributed by atoms with E-state index >= 15 is 0 Å². The summed E-state index contributed by atoms with van der Waals surface area (Å²) in [6.45, 7) is 5.01. The Labute approximate surface area is 182 Å². The Morgan fingerprint density at radius 2 is 1.69 bits per heavy atom. The normalized spacial score (nSPS) is 16.5. The topological polar surface area (TPSA) is 86.8 Å². The van der Waals surface area contributed by atoms with Crippen LogP contribution < -0.4 is 5.32 Å². The van der Waals surface area contributed by atoms with E-state index < -0.39 is 21.5 Å². The molecule has 0 heterocycles. The molecule has 1 fully saturated rings. The molecule has 1 aromatic rings. The number of nitrogens with one attached hydrogen (secondary N) is 1. The molecule has 2 rings (SSSR count). The fourth-order valence-corrected chi connectivity index (χ4v) is 5.53. The monoisotopic (exact) mass is 487 g/mol. The van der Waals surface area contributed by atoms with Crippen LogP contribution in [0.25, 0.3) is 0 Å². The van der Waals surface area contributed by atoms with Crippen molar-refractivity contribution in [1.82, 2.24) is 14.5 Å². The molecule has 0 unspecified atom stereocenters. The Bertz CT molecular complexity index is 860. The third-order valence-electron chi connectivity index (χ3n) is 5.47. The fraction of sp³-hybridized carbons (Fsp3) is 0.600. The average molecular weight is 488 g/mol. The Hall–Kier alpha value is -1.45. The Morgan fingerprint density at radius 1 is 1.10 bits per heavy atom. The van der Waals surface area contributed by atoms with Crippen LogP contribution in [0, 0.1) is 0 Å². The van der Waals surface area contributed by atoms with Crippen LogP contribution in [0.5, 0.6) is 0 Å². The SMILES string of the molecule is CCN(CC)C(=O)C1(NC(=O)c2ccc(Br)c(S(=O)(=O)N(C)C)c2)CCCCC1. The molecule has 29 heavy (non-hydrogen) atoms. The number of amides is 2. The van der Waals surface area contributed by atoms with Crippen LogP contribution in [-0.4, -0.2) is 62.2 Å². The van der Waals surface area contributed by atoms with Crippen LogP contribution in [0.1, 0.15) is 56.3 Å². The number of likely N-dealkylation sites (N-methyl/N-ethyl adjacent to an activating group) is 1. The van der Waals surface area contributed by atoms with Crippen LogP contribution in [0.4, 0.5) is 0 Å². The zero-order valence-corrected chi connectivity index (χ0v) is 19.9. The van der Waals surface area contributed by atoms with Crippen molar-refractivity contribution in [3.63, 3.8) is 0 Å². The van der Waals surface area contributed by atoms with Gasteiger partial charge in [0.15, 0.2) is 0 Å². The number of carbonyl (C=O) groups excluding carboxylic acids is 2. The molecule has 9 heteroatoms. The third-order valence-corrected chi connectivity index (χ3v) is 8.28. The number of benzene rings is 1.